The van der Waals surface area contributed by atoms with Gasteiger partial charge in [0.15, 0.2) is 0 Å². The van der Waals surface area contributed by atoms with Crippen molar-refractivity contribution in [2.45, 2.75) is 44.7 Å². The SMILES string of the molecule is Cc1nnc([C@]23C[C@@H](C)C[C@H](C2)N3C(=O)Nc2ccc(Cl)c(-n3cnc(F)n3)c2)o1. The predicted octanol–water partition coefficient (Wildman–Crippen LogP) is 3.68. The summed E-state index contributed by atoms with van der Waals surface area (Å²) in [6, 6.07) is 4.76. The molecular formula is C19H19ClFN7O2. The van der Waals surface area contributed by atoms with Crippen LogP contribution in [0, 0.1) is 18.9 Å². The van der Waals surface area contributed by atoms with E-state index in [1.165, 1.54) is 11.0 Å². The summed E-state index contributed by atoms with van der Waals surface area (Å²) in [5.74, 6) is 1.40. The molecule has 3 aromatic rings. The van der Waals surface area contributed by atoms with Gasteiger partial charge in [-0.1, -0.05) is 18.5 Å². The summed E-state index contributed by atoms with van der Waals surface area (Å²) < 4.78 is 20.1. The lowest BCUT2D eigenvalue weighted by atomic mass is 9.64. The molecule has 1 saturated heterocycles. The zero-order valence-electron chi connectivity index (χ0n) is 16.3. The summed E-state index contributed by atoms with van der Waals surface area (Å²) >= 11 is 6.21. The minimum atomic E-state index is -0.861. The Bertz CT molecular complexity index is 1130. The van der Waals surface area contributed by atoms with Crippen molar-refractivity contribution in [3.05, 3.63) is 47.4 Å². The van der Waals surface area contributed by atoms with Gasteiger partial charge < -0.3 is 14.6 Å². The van der Waals surface area contributed by atoms with Gasteiger partial charge in [-0.05, 0) is 37.0 Å². The highest BCUT2D eigenvalue weighted by atomic mass is 35.5. The molecule has 30 heavy (non-hydrogen) atoms. The second-order valence-electron chi connectivity index (χ2n) is 7.99. The number of nitrogens with zero attached hydrogens (tertiary/aromatic N) is 6. The number of aryl methyl sites for hydroxylation is 1. The van der Waals surface area contributed by atoms with E-state index in [4.69, 9.17) is 16.0 Å². The van der Waals surface area contributed by atoms with Crippen LogP contribution in [0.25, 0.3) is 5.69 Å². The first-order chi connectivity index (χ1) is 14.4. The number of hydrogen-bond acceptors (Lipinski definition) is 6. The normalized spacial score (nSPS) is 25.1. The number of aromatic nitrogens is 5. The number of nitrogens with one attached hydrogen (secondary N) is 1. The van der Waals surface area contributed by atoms with E-state index >= 15 is 0 Å². The largest absolute Gasteiger partial charge is 0.423 e. The molecule has 2 aromatic heterocycles. The van der Waals surface area contributed by atoms with E-state index in [9.17, 15) is 9.18 Å². The molecule has 1 N–H and O–H groups in total. The maximum absolute atomic E-state index is 13.2. The number of halogens is 2. The number of amides is 2. The monoisotopic (exact) mass is 431 g/mol. The highest BCUT2D eigenvalue weighted by Crippen LogP contribution is 2.55. The molecule has 3 heterocycles. The Morgan fingerprint density at radius 2 is 2.20 bits per heavy atom. The summed E-state index contributed by atoms with van der Waals surface area (Å²) in [4.78, 5) is 18.5. The van der Waals surface area contributed by atoms with Crippen molar-refractivity contribution in [1.82, 2.24) is 29.9 Å². The molecule has 0 radical (unpaired) electrons. The molecule has 3 atom stereocenters. The van der Waals surface area contributed by atoms with Crippen molar-refractivity contribution in [2.75, 3.05) is 5.32 Å². The average molecular weight is 432 g/mol. The van der Waals surface area contributed by atoms with Crippen LogP contribution < -0.4 is 5.32 Å². The molecule has 2 aliphatic rings. The lowest BCUT2D eigenvalue weighted by Crippen LogP contribution is -2.70. The molecule has 1 aliphatic carbocycles. The molecule has 156 valence electrons. The highest BCUT2D eigenvalue weighted by molar-refractivity contribution is 6.32. The molecule has 2 bridgehead atoms. The van der Waals surface area contributed by atoms with Gasteiger partial charge in [0.25, 0.3) is 0 Å². The maximum Gasteiger partial charge on any atom is 0.327 e. The molecule has 2 fully saturated rings. The summed E-state index contributed by atoms with van der Waals surface area (Å²) in [5, 5.41) is 15.1. The molecule has 11 heteroatoms. The summed E-state index contributed by atoms with van der Waals surface area (Å²) in [5.41, 5.74) is 0.327. The zero-order chi connectivity index (χ0) is 21.0. The van der Waals surface area contributed by atoms with Crippen LogP contribution in [0.5, 0.6) is 0 Å². The van der Waals surface area contributed by atoms with Gasteiger partial charge >= 0.3 is 12.1 Å². The highest BCUT2D eigenvalue weighted by Gasteiger charge is 2.62. The molecule has 1 aromatic carbocycles. The van der Waals surface area contributed by atoms with Crippen LogP contribution >= 0.6 is 11.6 Å². The van der Waals surface area contributed by atoms with Gasteiger partial charge in [0.1, 0.15) is 11.9 Å². The van der Waals surface area contributed by atoms with Crippen molar-refractivity contribution in [2.24, 2.45) is 5.92 Å². The van der Waals surface area contributed by atoms with E-state index in [1.807, 2.05) is 4.90 Å². The van der Waals surface area contributed by atoms with Crippen LogP contribution in [0.3, 0.4) is 0 Å². The lowest BCUT2D eigenvalue weighted by molar-refractivity contribution is -0.110. The van der Waals surface area contributed by atoms with Crippen LogP contribution in [0.1, 0.15) is 38.0 Å². The maximum atomic E-state index is 13.2. The Morgan fingerprint density at radius 1 is 1.37 bits per heavy atom. The number of carbonyl (C=O) groups is 1. The van der Waals surface area contributed by atoms with E-state index in [0.717, 1.165) is 19.3 Å². The number of benzene rings is 1. The first-order valence-electron chi connectivity index (χ1n) is 9.64. The Balaban J connectivity index is 1.43. The topological polar surface area (TPSA) is 102 Å². The number of likely N-dealkylation sites (tertiary alicyclic amines) is 1. The Kier molecular flexibility index (Phi) is 4.28. The van der Waals surface area contributed by atoms with Crippen LogP contribution in [0.2, 0.25) is 5.02 Å². The Morgan fingerprint density at radius 3 is 2.90 bits per heavy atom. The van der Waals surface area contributed by atoms with E-state index < -0.39 is 11.6 Å². The number of anilines is 1. The fourth-order valence-electron chi connectivity index (χ4n) is 4.74. The summed E-state index contributed by atoms with van der Waals surface area (Å²) in [6.45, 7) is 3.91. The molecular weight excluding hydrogens is 413 g/mol. The molecule has 0 spiro atoms. The fourth-order valence-corrected chi connectivity index (χ4v) is 4.95. The second-order valence-corrected chi connectivity index (χ2v) is 8.39. The van der Waals surface area contributed by atoms with Crippen LogP contribution in [-0.2, 0) is 5.54 Å². The molecule has 2 amide bonds. The third-order valence-corrected chi connectivity index (χ3v) is 6.13. The third-order valence-electron chi connectivity index (χ3n) is 5.81. The number of carbonyl (C=O) groups excluding carboxylic acids is 1. The van der Waals surface area contributed by atoms with Crippen LogP contribution in [0.4, 0.5) is 14.9 Å². The molecule has 5 rings (SSSR count). The number of hydrogen-bond donors (Lipinski definition) is 1. The van der Waals surface area contributed by atoms with E-state index in [1.54, 1.807) is 25.1 Å². The zero-order valence-corrected chi connectivity index (χ0v) is 17.1. The average Bonchev–Trinajstić information content (AvgIpc) is 3.31. The van der Waals surface area contributed by atoms with Gasteiger partial charge in [-0.3, -0.25) is 0 Å². The van der Waals surface area contributed by atoms with Crippen molar-refractivity contribution < 1.29 is 13.6 Å². The van der Waals surface area contributed by atoms with Gasteiger partial charge in [-0.25, -0.2) is 9.48 Å². The van der Waals surface area contributed by atoms with Crippen molar-refractivity contribution in [1.29, 1.82) is 0 Å². The number of urea groups is 1. The molecule has 9 nitrogen and oxygen atoms in total. The predicted molar refractivity (Wildman–Crippen MR) is 105 cm³/mol. The van der Waals surface area contributed by atoms with Crippen LogP contribution in [0.15, 0.2) is 28.9 Å². The Hall–Kier alpha value is -3.01. The number of rotatable bonds is 3. The van der Waals surface area contributed by atoms with E-state index in [2.05, 4.69) is 32.5 Å². The number of piperidine rings is 1. The van der Waals surface area contributed by atoms with Gasteiger partial charge in [0, 0.05) is 25.1 Å². The molecule has 1 saturated carbocycles. The minimum absolute atomic E-state index is 0.108. The number of fused-ring (bicyclic) bond motifs is 2. The van der Waals surface area contributed by atoms with Gasteiger partial charge in [-0.15, -0.1) is 15.3 Å². The standard InChI is InChI=1S/C19H19ClFN7O2/c1-10-5-13-8-19(7-10,16-25-24-11(2)30-16)28(13)18(29)23-12-3-4-14(20)15(6-12)27-9-22-17(21)26-27/h3-4,6,9-10,13H,5,7-8H2,1-2H3,(H,23,29)/t10-,13+,19-/m0/s1. The summed E-state index contributed by atoms with van der Waals surface area (Å²) in [7, 11) is 0. The summed E-state index contributed by atoms with van der Waals surface area (Å²) in [6.07, 6.45) is 2.85. The van der Waals surface area contributed by atoms with Crippen molar-refractivity contribution in [3.63, 3.8) is 0 Å². The first kappa shape index (κ1) is 19.0. The van der Waals surface area contributed by atoms with Crippen molar-refractivity contribution in [3.8, 4) is 5.69 Å². The lowest BCUT2D eigenvalue weighted by Gasteiger charge is -2.61. The van der Waals surface area contributed by atoms with Gasteiger partial charge in [0.2, 0.25) is 11.8 Å². The quantitative estimate of drug-likeness (QED) is 0.678. The van der Waals surface area contributed by atoms with Gasteiger partial charge in [0.05, 0.1) is 10.7 Å². The van der Waals surface area contributed by atoms with E-state index in [0.29, 0.717) is 34.1 Å². The third kappa shape index (κ3) is 2.94. The second kappa shape index (κ2) is 6.76. The van der Waals surface area contributed by atoms with Crippen molar-refractivity contribution >= 4 is 23.3 Å². The smallest absolute Gasteiger partial charge is 0.327 e. The van der Waals surface area contributed by atoms with Gasteiger partial charge in [-0.2, -0.15) is 9.37 Å². The minimum Gasteiger partial charge on any atom is -0.423 e. The Labute approximate surface area is 176 Å². The van der Waals surface area contributed by atoms with E-state index in [-0.39, 0.29) is 12.1 Å². The van der Waals surface area contributed by atoms with Crippen LogP contribution in [-0.4, -0.2) is 41.9 Å². The fraction of sp³-hybridized carbons (Fsp3) is 0.421. The molecule has 1 aliphatic heterocycles. The molecule has 0 unspecified atom stereocenters. The first-order valence-corrected chi connectivity index (χ1v) is 10.0.